The first-order chi connectivity index (χ1) is 16.0. The predicted octanol–water partition coefficient (Wildman–Crippen LogP) is 2.95. The van der Waals surface area contributed by atoms with Crippen LogP contribution in [-0.2, 0) is 10.0 Å². The lowest BCUT2D eigenvalue weighted by molar-refractivity contribution is -0.286. The number of hydrogen-bond acceptors (Lipinski definition) is 6. The topological polar surface area (TPSA) is 88.2 Å². The van der Waals surface area contributed by atoms with E-state index >= 15 is 4.39 Å². The van der Waals surface area contributed by atoms with Gasteiger partial charge in [0.25, 0.3) is 5.91 Å². The zero-order chi connectivity index (χ0) is 24.7. The number of sulfonamides is 1. The first-order valence-electron chi connectivity index (χ1n) is 11.5. The summed E-state index contributed by atoms with van der Waals surface area (Å²) in [5, 5.41) is 2.71. The maximum absolute atomic E-state index is 15.2. The zero-order valence-electron chi connectivity index (χ0n) is 19.2. The van der Waals surface area contributed by atoms with Gasteiger partial charge in [-0.3, -0.25) is 4.79 Å². The molecule has 3 atom stereocenters. The Balaban J connectivity index is 1.40. The second-order valence-corrected chi connectivity index (χ2v) is 11.2. The fourth-order valence-electron chi connectivity index (χ4n) is 4.93. The van der Waals surface area contributed by atoms with Crippen molar-refractivity contribution in [2.24, 2.45) is 5.92 Å². The zero-order valence-corrected chi connectivity index (χ0v) is 20.0. The third-order valence-corrected chi connectivity index (χ3v) is 8.81. The van der Waals surface area contributed by atoms with Crippen LogP contribution in [0.5, 0.6) is 11.5 Å². The van der Waals surface area contributed by atoms with Crippen LogP contribution < -0.4 is 14.8 Å². The van der Waals surface area contributed by atoms with Crippen molar-refractivity contribution in [3.05, 3.63) is 23.8 Å². The van der Waals surface area contributed by atoms with Gasteiger partial charge in [0.05, 0.1) is 5.75 Å². The van der Waals surface area contributed by atoms with E-state index in [9.17, 15) is 22.0 Å². The summed E-state index contributed by atoms with van der Waals surface area (Å²) in [5.41, 5.74) is 0.0563. The van der Waals surface area contributed by atoms with Gasteiger partial charge in [0.1, 0.15) is 0 Å². The summed E-state index contributed by atoms with van der Waals surface area (Å²) in [6.07, 6.45) is -3.54. The average molecular weight is 506 g/mol. The summed E-state index contributed by atoms with van der Waals surface area (Å²) < 4.78 is 77.6. The molecule has 12 heteroatoms. The molecule has 2 saturated heterocycles. The highest BCUT2D eigenvalue weighted by Gasteiger charge is 2.45. The van der Waals surface area contributed by atoms with Crippen molar-refractivity contribution < 1.29 is 35.9 Å². The lowest BCUT2D eigenvalue weighted by atomic mass is 9.96. The van der Waals surface area contributed by atoms with Crippen LogP contribution in [0.4, 0.5) is 13.2 Å². The molecule has 190 valence electrons. The van der Waals surface area contributed by atoms with Gasteiger partial charge in [-0.1, -0.05) is 6.92 Å². The number of hydrogen-bond donors (Lipinski definition) is 1. The molecule has 1 N–H and O–H groups in total. The summed E-state index contributed by atoms with van der Waals surface area (Å²) >= 11 is 0. The minimum absolute atomic E-state index is 0.00159. The molecule has 3 aliphatic rings. The van der Waals surface area contributed by atoms with E-state index in [2.05, 4.69) is 19.7 Å². The molecule has 0 spiro atoms. The Bertz CT molecular complexity index is 1020. The van der Waals surface area contributed by atoms with Crippen LogP contribution in [0.2, 0.25) is 0 Å². The predicted molar refractivity (Wildman–Crippen MR) is 118 cm³/mol. The number of likely N-dealkylation sites (tertiary alicyclic amines) is 1. The van der Waals surface area contributed by atoms with E-state index in [0.29, 0.717) is 6.42 Å². The van der Waals surface area contributed by atoms with Gasteiger partial charge < -0.3 is 19.7 Å². The summed E-state index contributed by atoms with van der Waals surface area (Å²) in [6, 6.07) is 2.46. The second-order valence-electron chi connectivity index (χ2n) is 9.32. The van der Waals surface area contributed by atoms with Gasteiger partial charge in [-0.25, -0.2) is 12.8 Å². The van der Waals surface area contributed by atoms with Gasteiger partial charge >= 0.3 is 6.29 Å². The van der Waals surface area contributed by atoms with E-state index in [-0.39, 0.29) is 41.6 Å². The lowest BCUT2D eigenvalue weighted by Crippen LogP contribution is -2.56. The maximum Gasteiger partial charge on any atom is 0.586 e. The minimum Gasteiger partial charge on any atom is -0.395 e. The van der Waals surface area contributed by atoms with E-state index < -0.39 is 40.6 Å². The van der Waals surface area contributed by atoms with Gasteiger partial charge in [-0.2, -0.15) is 4.31 Å². The number of piperidine rings is 2. The number of rotatable bonds is 6. The van der Waals surface area contributed by atoms with Gasteiger partial charge in [0.15, 0.2) is 17.8 Å². The number of alkyl halides is 3. The van der Waals surface area contributed by atoms with Crippen LogP contribution in [-0.4, -0.2) is 74.1 Å². The Morgan fingerprint density at radius 2 is 1.85 bits per heavy atom. The number of fused-ring (bicyclic) bond motifs is 1. The third kappa shape index (κ3) is 5.44. The standard InChI is InChI=1S/C22H30F3N3O5S/c1-3-17-11-16(26-21(29)15-4-5-18-19(10-15)33-22(24,25)32-18)12-20(23)28(17)34(30,31)13-14-6-8-27(2)9-7-14/h4-5,10,14,16-17,20H,3,6-9,11-13H2,1-2H3,(H,26,29)/t16-,17+,20+/m1/s1. The smallest absolute Gasteiger partial charge is 0.395 e. The second kappa shape index (κ2) is 9.54. The Morgan fingerprint density at radius 1 is 1.18 bits per heavy atom. The summed E-state index contributed by atoms with van der Waals surface area (Å²) in [5.74, 6) is -1.10. The number of carbonyl (C=O) groups excluding carboxylic acids is 1. The first kappa shape index (κ1) is 25.1. The molecule has 1 aromatic carbocycles. The number of benzene rings is 1. The van der Waals surface area contributed by atoms with E-state index in [4.69, 9.17) is 0 Å². The van der Waals surface area contributed by atoms with Crippen LogP contribution in [0, 0.1) is 5.92 Å². The van der Waals surface area contributed by atoms with E-state index in [0.717, 1.165) is 36.3 Å². The molecular formula is C22H30F3N3O5S. The van der Waals surface area contributed by atoms with Crippen molar-refractivity contribution in [1.82, 2.24) is 14.5 Å². The molecule has 0 unspecified atom stereocenters. The molecule has 0 aromatic heterocycles. The Labute approximate surface area is 197 Å². The molecule has 0 saturated carbocycles. The van der Waals surface area contributed by atoms with Crippen LogP contribution in [0.3, 0.4) is 0 Å². The van der Waals surface area contributed by atoms with Crippen LogP contribution in [0.1, 0.15) is 49.4 Å². The highest BCUT2D eigenvalue weighted by atomic mass is 32.2. The van der Waals surface area contributed by atoms with Crippen molar-refractivity contribution in [3.63, 3.8) is 0 Å². The lowest BCUT2D eigenvalue weighted by Gasteiger charge is -2.41. The van der Waals surface area contributed by atoms with E-state index in [1.807, 2.05) is 7.05 Å². The van der Waals surface area contributed by atoms with Gasteiger partial charge in [0, 0.05) is 24.1 Å². The minimum atomic E-state index is -3.81. The Morgan fingerprint density at radius 3 is 2.53 bits per heavy atom. The molecule has 0 bridgehead atoms. The molecule has 3 aliphatic heterocycles. The molecule has 0 aliphatic carbocycles. The number of ether oxygens (including phenoxy) is 2. The van der Waals surface area contributed by atoms with Crippen molar-refractivity contribution in [1.29, 1.82) is 0 Å². The van der Waals surface area contributed by atoms with Crippen molar-refractivity contribution in [2.75, 3.05) is 25.9 Å². The number of halogens is 3. The van der Waals surface area contributed by atoms with Crippen LogP contribution in [0.25, 0.3) is 0 Å². The molecule has 1 amide bonds. The molecule has 3 heterocycles. The fraction of sp³-hybridized carbons (Fsp3) is 0.682. The number of carbonyl (C=O) groups is 1. The summed E-state index contributed by atoms with van der Waals surface area (Å²) in [7, 11) is -1.81. The van der Waals surface area contributed by atoms with Crippen molar-refractivity contribution in [2.45, 2.75) is 63.7 Å². The molecular weight excluding hydrogens is 475 g/mol. The van der Waals surface area contributed by atoms with Crippen molar-refractivity contribution in [3.8, 4) is 11.5 Å². The number of nitrogens with zero attached hydrogens (tertiary/aromatic N) is 2. The van der Waals surface area contributed by atoms with Crippen LogP contribution >= 0.6 is 0 Å². The summed E-state index contributed by atoms with van der Waals surface area (Å²) in [4.78, 5) is 14.8. The van der Waals surface area contributed by atoms with E-state index in [1.54, 1.807) is 6.92 Å². The molecule has 8 nitrogen and oxygen atoms in total. The molecule has 2 fully saturated rings. The average Bonchev–Trinajstić information content (AvgIpc) is 3.07. The third-order valence-electron chi connectivity index (χ3n) is 6.75. The van der Waals surface area contributed by atoms with Crippen LogP contribution in [0.15, 0.2) is 18.2 Å². The van der Waals surface area contributed by atoms with Gasteiger partial charge in [-0.15, -0.1) is 8.78 Å². The quantitative estimate of drug-likeness (QED) is 0.599. The monoisotopic (exact) mass is 505 g/mol. The number of amides is 1. The maximum atomic E-state index is 15.2. The van der Waals surface area contributed by atoms with E-state index in [1.165, 1.54) is 12.1 Å². The molecule has 34 heavy (non-hydrogen) atoms. The van der Waals surface area contributed by atoms with Gasteiger partial charge in [0.2, 0.25) is 10.0 Å². The summed E-state index contributed by atoms with van der Waals surface area (Å²) in [6.45, 7) is 3.43. The van der Waals surface area contributed by atoms with Gasteiger partial charge in [-0.05, 0) is 69.9 Å². The SMILES string of the molecule is CC[C@H]1C[C@@H](NC(=O)c2ccc3c(c2)OC(F)(F)O3)C[C@@H](F)N1S(=O)(=O)CC1CCN(C)CC1. The largest absolute Gasteiger partial charge is 0.586 e. The fourth-order valence-corrected chi connectivity index (χ4v) is 7.16. The Hall–Kier alpha value is -2.05. The number of nitrogens with one attached hydrogen (secondary N) is 1. The normalized spacial score (nSPS) is 28.1. The Kier molecular flexibility index (Phi) is 7.03. The first-order valence-corrected chi connectivity index (χ1v) is 13.1. The van der Waals surface area contributed by atoms with Crippen molar-refractivity contribution >= 4 is 15.9 Å². The molecule has 0 radical (unpaired) electrons. The molecule has 1 aromatic rings. The highest BCUT2D eigenvalue weighted by Crippen LogP contribution is 2.41. The highest BCUT2D eigenvalue weighted by molar-refractivity contribution is 7.89. The molecule has 4 rings (SSSR count).